The van der Waals surface area contributed by atoms with Crippen LogP contribution in [-0.2, 0) is 28.6 Å². The van der Waals surface area contributed by atoms with Crippen LogP contribution in [0.3, 0.4) is 0 Å². The largest absolute Gasteiger partial charge is 0.504 e. The van der Waals surface area contributed by atoms with Crippen LogP contribution >= 0.6 is 0 Å². The third kappa shape index (κ3) is 3.01. The van der Waals surface area contributed by atoms with Gasteiger partial charge in [0.25, 0.3) is 0 Å². The monoisotopic (exact) mass is 472 g/mol. The Morgan fingerprint density at radius 1 is 1.29 bits per heavy atom. The average molecular weight is 473 g/mol. The Morgan fingerprint density at radius 2 is 1.97 bits per heavy atom. The third-order valence-electron chi connectivity index (χ3n) is 8.89. The maximum absolute atomic E-state index is 13.7. The second-order valence-corrected chi connectivity index (χ2v) is 11.3. The molecule has 0 heterocycles. The van der Waals surface area contributed by atoms with E-state index in [-0.39, 0.29) is 29.6 Å². The first kappa shape index (κ1) is 24.7. The van der Waals surface area contributed by atoms with Crippen LogP contribution in [0.25, 0.3) is 0 Å². The fraction of sp³-hybridized carbons (Fsp3) is 0.667. The highest BCUT2D eigenvalue weighted by molar-refractivity contribution is 6.11. The minimum Gasteiger partial charge on any atom is -0.504 e. The fourth-order valence-corrected chi connectivity index (χ4v) is 7.05. The molecule has 186 valence electrons. The molecule has 0 amide bonds. The van der Waals surface area contributed by atoms with Gasteiger partial charge in [0.2, 0.25) is 5.78 Å². The predicted molar refractivity (Wildman–Crippen MR) is 125 cm³/mol. The van der Waals surface area contributed by atoms with Crippen LogP contribution in [0.5, 0.6) is 0 Å². The number of aliphatic hydroxyl groups excluding tert-OH is 1. The molecule has 34 heavy (non-hydrogen) atoms. The van der Waals surface area contributed by atoms with Gasteiger partial charge >= 0.3 is 11.9 Å². The zero-order valence-corrected chi connectivity index (χ0v) is 21.0. The van der Waals surface area contributed by atoms with Gasteiger partial charge in [0, 0.05) is 36.0 Å². The molecule has 1 spiro atoms. The molecular weight excluding hydrogens is 436 g/mol. The second-order valence-electron chi connectivity index (χ2n) is 11.3. The van der Waals surface area contributed by atoms with Crippen molar-refractivity contribution in [2.45, 2.75) is 72.0 Å². The Labute approximate surface area is 201 Å². The summed E-state index contributed by atoms with van der Waals surface area (Å²) in [5.74, 6) is -2.09. The Bertz CT molecular complexity index is 1020. The third-order valence-corrected chi connectivity index (χ3v) is 8.89. The first-order valence-corrected chi connectivity index (χ1v) is 12.1. The van der Waals surface area contributed by atoms with Gasteiger partial charge in [0.1, 0.15) is 18.3 Å². The molecule has 2 saturated carbocycles. The molecule has 0 bridgehead atoms. The number of ether oxygens (including phenoxy) is 3. The van der Waals surface area contributed by atoms with Gasteiger partial charge in [-0.1, -0.05) is 32.9 Å². The zero-order chi connectivity index (χ0) is 25.3. The molecule has 6 atom stereocenters. The van der Waals surface area contributed by atoms with Crippen LogP contribution in [0, 0.1) is 28.1 Å². The van der Waals surface area contributed by atoms with Gasteiger partial charge in [-0.05, 0) is 38.5 Å². The summed E-state index contributed by atoms with van der Waals surface area (Å²) in [6, 6.07) is 0. The summed E-state index contributed by atoms with van der Waals surface area (Å²) >= 11 is 0. The van der Waals surface area contributed by atoms with E-state index in [1.165, 1.54) is 6.92 Å². The topological polar surface area (TPSA) is 99.1 Å². The highest BCUT2D eigenvalue weighted by Crippen LogP contribution is 2.76. The first-order valence-electron chi connectivity index (χ1n) is 12.1. The lowest BCUT2D eigenvalue weighted by Crippen LogP contribution is -2.76. The number of hydrogen-bond donors (Lipinski definition) is 1. The van der Waals surface area contributed by atoms with Crippen molar-refractivity contribution in [2.75, 3.05) is 13.7 Å². The summed E-state index contributed by atoms with van der Waals surface area (Å²) in [7, 11) is 1.61. The normalized spacial score (nSPS) is 40.6. The minimum atomic E-state index is -1.12. The number of carbonyl (C=O) groups is 3. The Balaban J connectivity index is 1.92. The SMILES string of the molecule is C=C[C@]1(C)C=C2C(=O)C(O)=C3[C@@]4(OC)[C@H](C[C@H](OC(C)=O)[C@]3(C)COC(=O)C(C)C)C[C@]24CC1. The van der Waals surface area contributed by atoms with Crippen molar-refractivity contribution < 1.29 is 33.7 Å². The van der Waals surface area contributed by atoms with Crippen LogP contribution in [-0.4, -0.2) is 48.3 Å². The van der Waals surface area contributed by atoms with E-state index < -0.39 is 40.3 Å². The van der Waals surface area contributed by atoms with E-state index in [1.807, 2.05) is 19.1 Å². The van der Waals surface area contributed by atoms with Gasteiger partial charge in [-0.25, -0.2) is 0 Å². The molecule has 0 aromatic carbocycles. The van der Waals surface area contributed by atoms with Gasteiger partial charge in [-0.2, -0.15) is 0 Å². The molecule has 7 nitrogen and oxygen atoms in total. The van der Waals surface area contributed by atoms with Crippen LogP contribution in [0.15, 0.2) is 35.6 Å². The number of esters is 2. The van der Waals surface area contributed by atoms with E-state index in [2.05, 4.69) is 6.58 Å². The maximum atomic E-state index is 13.7. The number of allylic oxidation sites excluding steroid dienone is 3. The summed E-state index contributed by atoms with van der Waals surface area (Å²) < 4.78 is 17.7. The average Bonchev–Trinajstić information content (AvgIpc) is 2.77. The molecule has 0 unspecified atom stereocenters. The molecule has 1 N–H and O–H groups in total. The van der Waals surface area contributed by atoms with E-state index in [1.54, 1.807) is 27.9 Å². The van der Waals surface area contributed by atoms with Gasteiger partial charge in [0.05, 0.1) is 11.3 Å². The number of Topliss-reactive ketones (excluding diaryl/α,β-unsaturated/α-hetero) is 1. The van der Waals surface area contributed by atoms with Crippen LogP contribution in [0.1, 0.15) is 60.3 Å². The lowest BCUT2D eigenvalue weighted by Gasteiger charge is -2.72. The quantitative estimate of drug-likeness (QED) is 0.456. The summed E-state index contributed by atoms with van der Waals surface area (Å²) in [5.41, 5.74) is -2.02. The van der Waals surface area contributed by atoms with Crippen LogP contribution in [0.4, 0.5) is 0 Å². The molecule has 0 aromatic heterocycles. The second kappa shape index (κ2) is 7.80. The van der Waals surface area contributed by atoms with Crippen molar-refractivity contribution in [3.63, 3.8) is 0 Å². The van der Waals surface area contributed by atoms with E-state index in [9.17, 15) is 19.5 Å². The lowest BCUT2D eigenvalue weighted by atomic mass is 9.34. The van der Waals surface area contributed by atoms with Crippen molar-refractivity contribution >= 4 is 17.7 Å². The van der Waals surface area contributed by atoms with Gasteiger partial charge in [-0.3, -0.25) is 14.4 Å². The number of rotatable bonds is 6. The fourth-order valence-electron chi connectivity index (χ4n) is 7.05. The maximum Gasteiger partial charge on any atom is 0.308 e. The van der Waals surface area contributed by atoms with Crippen molar-refractivity contribution in [1.29, 1.82) is 0 Å². The molecule has 0 aliphatic heterocycles. The highest BCUT2D eigenvalue weighted by atomic mass is 16.6. The molecule has 2 fully saturated rings. The molecule has 4 aliphatic carbocycles. The van der Waals surface area contributed by atoms with E-state index >= 15 is 0 Å². The molecule has 0 saturated heterocycles. The highest BCUT2D eigenvalue weighted by Gasteiger charge is 2.78. The van der Waals surface area contributed by atoms with Crippen molar-refractivity contribution in [3.05, 3.63) is 35.6 Å². The van der Waals surface area contributed by atoms with Gasteiger partial charge in [0.15, 0.2) is 5.76 Å². The number of carbonyl (C=O) groups excluding carboxylic acids is 3. The summed E-state index contributed by atoms with van der Waals surface area (Å²) in [5, 5.41) is 11.5. The molecule has 4 aliphatic rings. The Kier molecular flexibility index (Phi) is 5.67. The summed E-state index contributed by atoms with van der Waals surface area (Å²) in [6.45, 7) is 12.4. The molecule has 7 heteroatoms. The number of hydrogen-bond acceptors (Lipinski definition) is 7. The van der Waals surface area contributed by atoms with E-state index in [0.717, 1.165) is 6.42 Å². The van der Waals surface area contributed by atoms with Crippen molar-refractivity contribution in [1.82, 2.24) is 0 Å². The van der Waals surface area contributed by atoms with Crippen LogP contribution in [0.2, 0.25) is 0 Å². The predicted octanol–water partition coefficient (Wildman–Crippen LogP) is 4.23. The number of aliphatic hydroxyl groups is 1. The Morgan fingerprint density at radius 3 is 2.53 bits per heavy atom. The van der Waals surface area contributed by atoms with Crippen molar-refractivity contribution in [2.24, 2.45) is 28.1 Å². The van der Waals surface area contributed by atoms with Crippen molar-refractivity contribution in [3.8, 4) is 0 Å². The summed E-state index contributed by atoms with van der Waals surface area (Å²) in [4.78, 5) is 38.1. The smallest absolute Gasteiger partial charge is 0.308 e. The molecule has 0 aromatic rings. The van der Waals surface area contributed by atoms with Crippen LogP contribution < -0.4 is 0 Å². The molecule has 0 radical (unpaired) electrons. The molecule has 4 rings (SSSR count). The first-order chi connectivity index (χ1) is 15.8. The zero-order valence-electron chi connectivity index (χ0n) is 21.0. The number of methoxy groups -OCH3 is 1. The number of ketones is 1. The van der Waals surface area contributed by atoms with E-state index in [0.29, 0.717) is 30.4 Å². The molecular formula is C27H36O7. The lowest BCUT2D eigenvalue weighted by molar-refractivity contribution is -0.252. The Hall–Kier alpha value is -2.41. The van der Waals surface area contributed by atoms with Gasteiger partial charge < -0.3 is 19.3 Å². The van der Waals surface area contributed by atoms with Gasteiger partial charge in [-0.15, -0.1) is 6.58 Å². The standard InChI is InChI=1S/C27H36O7/c1-8-24(5)9-10-26-12-17-11-19(34-16(4)28)25(6,14-33-23(31)15(2)3)22(27(17,26)32-7)21(30)20(29)18(26)13-24/h8,13,15,17,19,30H,1,9-12,14H2,2-7H3/t17-,19+,24+,25+,26-,27+/m1/s1. The summed E-state index contributed by atoms with van der Waals surface area (Å²) in [6.07, 6.45) is 5.81. The minimum absolute atomic E-state index is 0.0579. The van der Waals surface area contributed by atoms with E-state index in [4.69, 9.17) is 14.2 Å².